The molecule has 6 heteroatoms. The molecule has 2 heterocycles. The van der Waals surface area contributed by atoms with E-state index >= 15 is 0 Å². The third-order valence-corrected chi connectivity index (χ3v) is 2.64. The number of nitrogens with one attached hydrogen (secondary N) is 1. The van der Waals surface area contributed by atoms with Gasteiger partial charge in [0.05, 0.1) is 11.4 Å². The maximum absolute atomic E-state index is 11.6. The second-order valence-electron chi connectivity index (χ2n) is 4.25. The average molecular weight is 261 g/mol. The first-order chi connectivity index (χ1) is 9.06. The van der Waals surface area contributed by atoms with E-state index in [2.05, 4.69) is 10.1 Å². The highest BCUT2D eigenvalue weighted by Crippen LogP contribution is 2.02. The van der Waals surface area contributed by atoms with Crippen LogP contribution >= 0.6 is 0 Å². The Labute approximate surface area is 110 Å². The van der Waals surface area contributed by atoms with Crippen LogP contribution in [0.25, 0.3) is 0 Å². The third kappa shape index (κ3) is 3.31. The molecule has 6 nitrogen and oxygen atoms in total. The summed E-state index contributed by atoms with van der Waals surface area (Å²) in [6, 6.07) is 5.22. The van der Waals surface area contributed by atoms with E-state index in [-0.39, 0.29) is 18.9 Å². The van der Waals surface area contributed by atoms with Crippen LogP contribution in [0.1, 0.15) is 21.9 Å². The van der Waals surface area contributed by atoms with Crippen molar-refractivity contribution >= 4 is 11.8 Å². The van der Waals surface area contributed by atoms with Gasteiger partial charge < -0.3 is 9.72 Å². The van der Waals surface area contributed by atoms with Crippen LogP contribution < -0.4 is 0 Å². The van der Waals surface area contributed by atoms with Gasteiger partial charge in [0, 0.05) is 11.9 Å². The molecule has 0 spiro atoms. The Morgan fingerprint density at radius 3 is 2.79 bits per heavy atom. The van der Waals surface area contributed by atoms with Crippen molar-refractivity contribution in [2.24, 2.45) is 0 Å². The summed E-state index contributed by atoms with van der Waals surface area (Å²) < 4.78 is 6.48. The van der Waals surface area contributed by atoms with E-state index in [1.807, 2.05) is 19.9 Å². The summed E-state index contributed by atoms with van der Waals surface area (Å²) in [5.74, 6) is -0.738. The number of hydrogen-bond acceptors (Lipinski definition) is 4. The van der Waals surface area contributed by atoms with E-state index in [4.69, 9.17) is 4.74 Å². The molecule has 2 rings (SSSR count). The highest BCUT2D eigenvalue weighted by Gasteiger charge is 2.12. The largest absolute Gasteiger partial charge is 0.456 e. The molecule has 0 aromatic carbocycles. The fourth-order valence-corrected chi connectivity index (χ4v) is 1.73. The molecule has 2 aromatic heterocycles. The summed E-state index contributed by atoms with van der Waals surface area (Å²) >= 11 is 0. The van der Waals surface area contributed by atoms with E-state index in [1.54, 1.807) is 23.0 Å². The lowest BCUT2D eigenvalue weighted by atomic mass is 10.3. The number of rotatable bonds is 5. The van der Waals surface area contributed by atoms with Crippen molar-refractivity contribution in [2.45, 2.75) is 20.4 Å². The normalized spacial score (nSPS) is 10.4. The van der Waals surface area contributed by atoms with Gasteiger partial charge in [-0.15, -0.1) is 0 Å². The summed E-state index contributed by atoms with van der Waals surface area (Å²) in [4.78, 5) is 26.0. The second-order valence-corrected chi connectivity index (χ2v) is 4.25. The van der Waals surface area contributed by atoms with E-state index < -0.39 is 5.97 Å². The number of nitrogens with zero attached hydrogens (tertiary/aromatic N) is 2. The third-order valence-electron chi connectivity index (χ3n) is 2.64. The molecule has 1 N–H and O–H groups in total. The van der Waals surface area contributed by atoms with Crippen molar-refractivity contribution in [1.82, 2.24) is 14.8 Å². The highest BCUT2D eigenvalue weighted by molar-refractivity contribution is 5.96. The number of carbonyl (C=O) groups excluding carboxylic acids is 2. The molecule has 0 amide bonds. The van der Waals surface area contributed by atoms with Gasteiger partial charge in [-0.05, 0) is 32.0 Å². The van der Waals surface area contributed by atoms with E-state index in [1.165, 1.54) is 0 Å². The lowest BCUT2D eigenvalue weighted by Crippen LogP contribution is -2.19. The molecular formula is C13H15N3O3. The highest BCUT2D eigenvalue weighted by atomic mass is 16.5. The van der Waals surface area contributed by atoms with Gasteiger partial charge in [-0.3, -0.25) is 14.3 Å². The number of aryl methyl sites for hydroxylation is 2. The number of ether oxygens (including phenoxy) is 1. The first-order valence-electron chi connectivity index (χ1n) is 5.89. The van der Waals surface area contributed by atoms with Crippen molar-refractivity contribution in [1.29, 1.82) is 0 Å². The number of ketones is 1. The number of H-pyrrole nitrogens is 1. The standard InChI is InChI=1S/C13H15N3O3/c1-9-6-10(2)16(15-9)7-13(18)19-8-12(17)11-4-3-5-14-11/h3-6,14H,7-8H2,1-2H3. The Morgan fingerprint density at radius 2 is 2.21 bits per heavy atom. The summed E-state index contributed by atoms with van der Waals surface area (Å²) in [7, 11) is 0. The molecule has 0 saturated carbocycles. The van der Waals surface area contributed by atoms with Gasteiger partial charge in [0.25, 0.3) is 0 Å². The van der Waals surface area contributed by atoms with Gasteiger partial charge in [-0.25, -0.2) is 0 Å². The molecule has 2 aromatic rings. The summed E-state index contributed by atoms with van der Waals surface area (Å²) in [5.41, 5.74) is 2.15. The van der Waals surface area contributed by atoms with Crippen LogP contribution in [-0.4, -0.2) is 33.1 Å². The molecule has 100 valence electrons. The first kappa shape index (κ1) is 13.1. The molecule has 0 atom stereocenters. The van der Waals surface area contributed by atoms with Gasteiger partial charge in [0.2, 0.25) is 5.78 Å². The van der Waals surface area contributed by atoms with Gasteiger partial charge >= 0.3 is 5.97 Å². The van der Waals surface area contributed by atoms with Crippen LogP contribution in [0.3, 0.4) is 0 Å². The van der Waals surface area contributed by atoms with Crippen LogP contribution in [0.15, 0.2) is 24.4 Å². The van der Waals surface area contributed by atoms with Crippen molar-refractivity contribution < 1.29 is 14.3 Å². The summed E-state index contributed by atoms with van der Waals surface area (Å²) in [6.45, 7) is 3.46. The van der Waals surface area contributed by atoms with Crippen LogP contribution in [0.4, 0.5) is 0 Å². The topological polar surface area (TPSA) is 77.0 Å². The molecule has 0 aliphatic rings. The van der Waals surface area contributed by atoms with Gasteiger partial charge in [-0.1, -0.05) is 0 Å². The number of carbonyl (C=O) groups is 2. The van der Waals surface area contributed by atoms with Crippen LogP contribution in [0.2, 0.25) is 0 Å². The quantitative estimate of drug-likeness (QED) is 0.649. The SMILES string of the molecule is Cc1cc(C)n(CC(=O)OCC(=O)c2ccc[nH]2)n1. The van der Waals surface area contributed by atoms with Crippen molar-refractivity contribution in [3.05, 3.63) is 41.5 Å². The molecule has 0 saturated heterocycles. The average Bonchev–Trinajstić information content (AvgIpc) is 2.97. The molecule has 0 aliphatic heterocycles. The number of aromatic amines is 1. The van der Waals surface area contributed by atoms with E-state index in [0.29, 0.717) is 5.69 Å². The van der Waals surface area contributed by atoms with E-state index in [0.717, 1.165) is 11.4 Å². The van der Waals surface area contributed by atoms with Crippen molar-refractivity contribution in [3.8, 4) is 0 Å². The Morgan fingerprint density at radius 1 is 1.42 bits per heavy atom. The molecule has 0 unspecified atom stereocenters. The Hall–Kier alpha value is -2.37. The van der Waals surface area contributed by atoms with Crippen LogP contribution in [0.5, 0.6) is 0 Å². The number of Topliss-reactive ketones (excluding diaryl/α,β-unsaturated/α-hetero) is 1. The first-order valence-corrected chi connectivity index (χ1v) is 5.89. The lowest BCUT2D eigenvalue weighted by molar-refractivity contribution is -0.143. The molecule has 19 heavy (non-hydrogen) atoms. The fraction of sp³-hybridized carbons (Fsp3) is 0.308. The smallest absolute Gasteiger partial charge is 0.328 e. The molecule has 0 radical (unpaired) electrons. The number of hydrogen-bond donors (Lipinski definition) is 1. The zero-order valence-electron chi connectivity index (χ0n) is 10.8. The lowest BCUT2D eigenvalue weighted by Gasteiger charge is -2.05. The summed E-state index contributed by atoms with van der Waals surface area (Å²) in [5, 5.41) is 4.15. The maximum Gasteiger partial charge on any atom is 0.328 e. The van der Waals surface area contributed by atoms with Crippen LogP contribution in [0, 0.1) is 13.8 Å². The van der Waals surface area contributed by atoms with Gasteiger partial charge in [0.1, 0.15) is 6.54 Å². The predicted octanol–water partition coefficient (Wildman–Crippen LogP) is 1.25. The van der Waals surface area contributed by atoms with E-state index in [9.17, 15) is 9.59 Å². The second kappa shape index (κ2) is 5.51. The summed E-state index contributed by atoms with van der Waals surface area (Å²) in [6.07, 6.45) is 1.64. The fourth-order valence-electron chi connectivity index (χ4n) is 1.73. The Bertz CT molecular complexity index is 584. The van der Waals surface area contributed by atoms with Crippen molar-refractivity contribution in [2.75, 3.05) is 6.61 Å². The predicted molar refractivity (Wildman–Crippen MR) is 67.8 cm³/mol. The molecular weight excluding hydrogens is 246 g/mol. The number of aromatic nitrogens is 3. The Balaban J connectivity index is 1.85. The van der Waals surface area contributed by atoms with Gasteiger partial charge in [-0.2, -0.15) is 5.10 Å². The van der Waals surface area contributed by atoms with Gasteiger partial charge in [0.15, 0.2) is 6.61 Å². The monoisotopic (exact) mass is 261 g/mol. The zero-order chi connectivity index (χ0) is 13.8. The van der Waals surface area contributed by atoms with Crippen molar-refractivity contribution in [3.63, 3.8) is 0 Å². The zero-order valence-corrected chi connectivity index (χ0v) is 10.8. The minimum atomic E-state index is -0.480. The molecule has 0 aliphatic carbocycles. The Kier molecular flexibility index (Phi) is 3.79. The minimum Gasteiger partial charge on any atom is -0.456 e. The molecule has 0 fully saturated rings. The maximum atomic E-state index is 11.6. The minimum absolute atomic E-state index is 0.0116. The number of esters is 1. The van der Waals surface area contributed by atoms with Crippen LogP contribution in [-0.2, 0) is 16.1 Å². The molecule has 0 bridgehead atoms.